The number of rotatable bonds is 3. The molecule has 0 bridgehead atoms. The van der Waals surface area contributed by atoms with E-state index in [0.717, 1.165) is 73.3 Å². The highest BCUT2D eigenvalue weighted by atomic mass is 16.2. The molecule has 2 N–H and O–H groups in total. The Morgan fingerprint density at radius 2 is 2.00 bits per heavy atom. The molecule has 7 heteroatoms. The highest BCUT2D eigenvalue weighted by molar-refractivity contribution is 6.03. The second-order valence-corrected chi connectivity index (χ2v) is 8.65. The number of nitrogens with two attached hydrogens (primary N) is 1. The van der Waals surface area contributed by atoms with Gasteiger partial charge >= 0.3 is 0 Å². The van der Waals surface area contributed by atoms with Gasteiger partial charge in [0.2, 0.25) is 0 Å². The van der Waals surface area contributed by atoms with Gasteiger partial charge in [-0.05, 0) is 69.0 Å². The van der Waals surface area contributed by atoms with Gasteiger partial charge in [0, 0.05) is 42.8 Å². The predicted octanol–water partition coefficient (Wildman–Crippen LogP) is 2.97. The van der Waals surface area contributed by atoms with E-state index < -0.39 is 0 Å². The topological polar surface area (TPSA) is 80.3 Å². The molecule has 2 aromatic heterocycles. The van der Waals surface area contributed by atoms with Crippen LogP contribution >= 0.6 is 0 Å². The summed E-state index contributed by atoms with van der Waals surface area (Å²) in [6.07, 6.45) is 6.87. The fourth-order valence-corrected chi connectivity index (χ4v) is 4.92. The van der Waals surface area contributed by atoms with Gasteiger partial charge in [0.25, 0.3) is 5.91 Å². The zero-order chi connectivity index (χ0) is 20.8. The molecule has 2 aliphatic heterocycles. The molecule has 1 amide bonds. The van der Waals surface area contributed by atoms with Crippen molar-refractivity contribution >= 4 is 22.6 Å². The number of nitrogens with zero attached hydrogens (tertiary/aromatic N) is 5. The van der Waals surface area contributed by atoms with Crippen LogP contribution < -0.4 is 5.73 Å². The average molecular weight is 405 g/mol. The molecular weight excluding hydrogens is 376 g/mol. The molecule has 30 heavy (non-hydrogen) atoms. The number of aromatic nitrogens is 3. The third kappa shape index (κ3) is 3.13. The van der Waals surface area contributed by atoms with Crippen LogP contribution in [-0.4, -0.2) is 63.5 Å². The Labute approximate surface area is 176 Å². The molecule has 2 saturated heterocycles. The summed E-state index contributed by atoms with van der Waals surface area (Å²) in [7, 11) is 2.17. The molecule has 4 heterocycles. The van der Waals surface area contributed by atoms with Crippen molar-refractivity contribution in [2.45, 2.75) is 32.1 Å². The van der Waals surface area contributed by atoms with Gasteiger partial charge < -0.3 is 20.1 Å². The van der Waals surface area contributed by atoms with Gasteiger partial charge in [-0.2, -0.15) is 0 Å². The maximum atomic E-state index is 13.4. The summed E-state index contributed by atoms with van der Waals surface area (Å²) < 4.78 is 2.05. The number of amides is 1. The molecule has 0 radical (unpaired) electrons. The summed E-state index contributed by atoms with van der Waals surface area (Å²) in [5, 5.41) is 1.14. The second-order valence-electron chi connectivity index (χ2n) is 8.65. The van der Waals surface area contributed by atoms with Crippen molar-refractivity contribution in [2.24, 2.45) is 0 Å². The van der Waals surface area contributed by atoms with E-state index in [-0.39, 0.29) is 5.91 Å². The number of carbonyl (C=O) groups is 1. The smallest absolute Gasteiger partial charge is 0.254 e. The van der Waals surface area contributed by atoms with Crippen LogP contribution in [0.2, 0.25) is 0 Å². The molecule has 7 nitrogen and oxygen atoms in total. The van der Waals surface area contributed by atoms with Gasteiger partial charge in [-0.15, -0.1) is 0 Å². The average Bonchev–Trinajstić information content (AvgIpc) is 3.08. The molecule has 1 atom stereocenters. The Morgan fingerprint density at radius 3 is 2.70 bits per heavy atom. The molecule has 0 spiro atoms. The summed E-state index contributed by atoms with van der Waals surface area (Å²) in [5.74, 6) is 1.71. The number of nitrogen functional groups attached to an aromatic ring is 1. The van der Waals surface area contributed by atoms with Crippen molar-refractivity contribution in [2.75, 3.05) is 39.0 Å². The van der Waals surface area contributed by atoms with Gasteiger partial charge in [0.1, 0.15) is 18.0 Å². The summed E-state index contributed by atoms with van der Waals surface area (Å²) in [6, 6.07) is 6.03. The number of likely N-dealkylation sites (N-methyl/N-ethyl adjacent to an activating group) is 1. The summed E-state index contributed by atoms with van der Waals surface area (Å²) in [4.78, 5) is 26.2. The van der Waals surface area contributed by atoms with Gasteiger partial charge in [-0.3, -0.25) is 4.79 Å². The molecule has 2 aliphatic rings. The maximum absolute atomic E-state index is 13.4. The van der Waals surface area contributed by atoms with Crippen LogP contribution in [-0.2, 0) is 0 Å². The van der Waals surface area contributed by atoms with Gasteiger partial charge in [0.05, 0.1) is 5.52 Å². The zero-order valence-electron chi connectivity index (χ0n) is 17.6. The number of hydrogen-bond acceptors (Lipinski definition) is 5. The van der Waals surface area contributed by atoms with E-state index in [0.29, 0.717) is 11.7 Å². The molecule has 2 fully saturated rings. The van der Waals surface area contributed by atoms with E-state index in [1.54, 1.807) is 6.07 Å². The van der Waals surface area contributed by atoms with Crippen LogP contribution in [0.5, 0.6) is 0 Å². The van der Waals surface area contributed by atoms with Crippen molar-refractivity contribution < 1.29 is 4.79 Å². The first-order valence-corrected chi connectivity index (χ1v) is 10.7. The molecule has 3 aromatic rings. The molecule has 1 aromatic carbocycles. The Bertz CT molecular complexity index is 1120. The normalized spacial score (nSPS) is 19.8. The second kappa shape index (κ2) is 7.40. The van der Waals surface area contributed by atoms with Crippen molar-refractivity contribution in [3.8, 4) is 5.82 Å². The quantitative estimate of drug-likeness (QED) is 0.726. The van der Waals surface area contributed by atoms with Gasteiger partial charge in [0.15, 0.2) is 0 Å². The van der Waals surface area contributed by atoms with Crippen LogP contribution in [0.4, 0.5) is 5.82 Å². The lowest BCUT2D eigenvalue weighted by Gasteiger charge is -2.35. The van der Waals surface area contributed by atoms with Gasteiger partial charge in [-0.25, -0.2) is 9.97 Å². The van der Waals surface area contributed by atoms with E-state index in [4.69, 9.17) is 5.73 Å². The third-order valence-electron chi connectivity index (χ3n) is 6.54. The highest BCUT2D eigenvalue weighted by Gasteiger charge is 2.31. The number of likely N-dealkylation sites (tertiary alicyclic amines) is 2. The number of piperidine rings is 1. The molecule has 1 unspecified atom stereocenters. The van der Waals surface area contributed by atoms with Crippen LogP contribution in [0.15, 0.2) is 30.7 Å². The van der Waals surface area contributed by atoms with Gasteiger partial charge in [-0.1, -0.05) is 0 Å². The van der Waals surface area contributed by atoms with Crippen molar-refractivity contribution in [3.05, 3.63) is 47.4 Å². The Morgan fingerprint density at radius 1 is 1.17 bits per heavy atom. The lowest BCUT2D eigenvalue weighted by Crippen LogP contribution is -2.43. The number of hydrogen-bond donors (Lipinski definition) is 1. The largest absolute Gasteiger partial charge is 0.384 e. The lowest BCUT2D eigenvalue weighted by molar-refractivity contribution is 0.0649. The SMILES string of the molecule is Cc1cc2c(ccn2-c2cc(N)ncn2)c(C2CCCN(C)C2)c1C(=O)N1CCC1. The fraction of sp³-hybridized carbons (Fsp3) is 0.435. The van der Waals surface area contributed by atoms with Crippen LogP contribution in [0.25, 0.3) is 16.7 Å². The fourth-order valence-electron chi connectivity index (χ4n) is 4.92. The first-order valence-electron chi connectivity index (χ1n) is 10.7. The van der Waals surface area contributed by atoms with E-state index >= 15 is 0 Å². The number of anilines is 1. The molecule has 156 valence electrons. The molecule has 0 aliphatic carbocycles. The minimum Gasteiger partial charge on any atom is -0.384 e. The zero-order valence-corrected chi connectivity index (χ0v) is 17.6. The number of benzene rings is 1. The van der Waals surface area contributed by atoms with E-state index in [1.807, 2.05) is 15.7 Å². The molecule has 5 rings (SSSR count). The van der Waals surface area contributed by atoms with Crippen LogP contribution in [0, 0.1) is 6.92 Å². The van der Waals surface area contributed by atoms with Crippen molar-refractivity contribution in [1.82, 2.24) is 24.3 Å². The number of aryl methyl sites for hydroxylation is 1. The first-order chi connectivity index (χ1) is 14.5. The molecular formula is C23H28N6O. The number of carbonyl (C=O) groups excluding carboxylic acids is 1. The monoisotopic (exact) mass is 404 g/mol. The van der Waals surface area contributed by atoms with E-state index in [9.17, 15) is 4.79 Å². The lowest BCUT2D eigenvalue weighted by atomic mass is 9.83. The third-order valence-corrected chi connectivity index (χ3v) is 6.54. The summed E-state index contributed by atoms with van der Waals surface area (Å²) in [6.45, 7) is 5.88. The Hall–Kier alpha value is -2.93. The summed E-state index contributed by atoms with van der Waals surface area (Å²) in [5.41, 5.74) is 10.1. The number of fused-ring (bicyclic) bond motifs is 1. The van der Waals surface area contributed by atoms with Crippen LogP contribution in [0.1, 0.15) is 46.7 Å². The maximum Gasteiger partial charge on any atom is 0.254 e. The first kappa shape index (κ1) is 19.1. The minimum atomic E-state index is 0.183. The van der Waals surface area contributed by atoms with Crippen molar-refractivity contribution in [3.63, 3.8) is 0 Å². The highest BCUT2D eigenvalue weighted by Crippen LogP contribution is 2.38. The predicted molar refractivity (Wildman–Crippen MR) is 118 cm³/mol. The van der Waals surface area contributed by atoms with Crippen molar-refractivity contribution in [1.29, 1.82) is 0 Å². The minimum absolute atomic E-state index is 0.183. The standard InChI is InChI=1S/C23H28N6O/c1-15-11-18-17(6-10-29(18)20-12-19(24)25-14-26-20)22(16-5-3-7-27(2)13-16)21(15)23(30)28-8-4-9-28/h6,10-12,14,16H,3-5,7-9,13H2,1-2H3,(H2,24,25,26). The van der Waals surface area contributed by atoms with E-state index in [1.165, 1.54) is 11.9 Å². The summed E-state index contributed by atoms with van der Waals surface area (Å²) >= 11 is 0. The Kier molecular flexibility index (Phi) is 4.70. The molecule has 0 saturated carbocycles. The Balaban J connectivity index is 1.72. The van der Waals surface area contributed by atoms with E-state index in [2.05, 4.69) is 41.0 Å². The van der Waals surface area contributed by atoms with Crippen LogP contribution in [0.3, 0.4) is 0 Å².